The van der Waals surface area contributed by atoms with E-state index in [1.54, 1.807) is 7.05 Å². The molecule has 0 unspecified atom stereocenters. The SMILES string of the molecule is CN=C(NCCCOCCc1ccccc1)Nc1ccc2c(c1)OCCCO2.I. The third kappa shape index (κ3) is 8.10. The average molecular weight is 511 g/mol. The van der Waals surface area contributed by atoms with E-state index in [-0.39, 0.29) is 24.0 Å². The number of nitrogens with one attached hydrogen (secondary N) is 2. The first-order valence-electron chi connectivity index (χ1n) is 9.84. The van der Waals surface area contributed by atoms with E-state index < -0.39 is 0 Å². The number of benzene rings is 2. The predicted molar refractivity (Wildman–Crippen MR) is 128 cm³/mol. The topological polar surface area (TPSA) is 64.1 Å². The van der Waals surface area contributed by atoms with Crippen LogP contribution in [0.1, 0.15) is 18.4 Å². The molecule has 2 aromatic rings. The molecule has 1 aliphatic heterocycles. The highest BCUT2D eigenvalue weighted by molar-refractivity contribution is 14.0. The fourth-order valence-electron chi connectivity index (χ4n) is 2.87. The molecule has 0 saturated heterocycles. The summed E-state index contributed by atoms with van der Waals surface area (Å²) >= 11 is 0. The van der Waals surface area contributed by atoms with Crippen LogP contribution in [0.2, 0.25) is 0 Å². The van der Waals surface area contributed by atoms with Crippen molar-refractivity contribution in [3.8, 4) is 11.5 Å². The lowest BCUT2D eigenvalue weighted by Crippen LogP contribution is -2.32. The Morgan fingerprint density at radius 1 is 1.03 bits per heavy atom. The Bertz CT molecular complexity index is 756. The minimum absolute atomic E-state index is 0. The summed E-state index contributed by atoms with van der Waals surface area (Å²) in [6, 6.07) is 16.2. The van der Waals surface area contributed by atoms with Gasteiger partial charge in [0.15, 0.2) is 17.5 Å². The Hall–Kier alpha value is -2.00. The van der Waals surface area contributed by atoms with Gasteiger partial charge in [-0.1, -0.05) is 30.3 Å². The number of hydrogen-bond acceptors (Lipinski definition) is 4. The first-order valence-corrected chi connectivity index (χ1v) is 9.84. The molecule has 0 spiro atoms. The van der Waals surface area contributed by atoms with Crippen molar-refractivity contribution in [3.05, 3.63) is 54.1 Å². The highest BCUT2D eigenvalue weighted by atomic mass is 127. The zero-order chi connectivity index (χ0) is 19.4. The van der Waals surface area contributed by atoms with E-state index in [1.807, 2.05) is 24.3 Å². The summed E-state index contributed by atoms with van der Waals surface area (Å²) in [6.07, 6.45) is 2.76. The second-order valence-electron chi connectivity index (χ2n) is 6.54. The second-order valence-corrected chi connectivity index (χ2v) is 6.54. The van der Waals surface area contributed by atoms with Gasteiger partial charge in [-0.15, -0.1) is 24.0 Å². The van der Waals surface area contributed by atoms with Gasteiger partial charge in [0.1, 0.15) is 0 Å². The molecule has 0 radical (unpaired) electrons. The van der Waals surface area contributed by atoms with Crippen LogP contribution in [0.15, 0.2) is 53.5 Å². The van der Waals surface area contributed by atoms with Crippen LogP contribution in [0.3, 0.4) is 0 Å². The second kappa shape index (κ2) is 13.3. The van der Waals surface area contributed by atoms with Crippen LogP contribution in [-0.2, 0) is 11.2 Å². The molecule has 0 amide bonds. The molecule has 0 aliphatic carbocycles. The maximum Gasteiger partial charge on any atom is 0.195 e. The fraction of sp³-hybridized carbons (Fsp3) is 0.409. The van der Waals surface area contributed by atoms with Crippen molar-refractivity contribution < 1.29 is 14.2 Å². The van der Waals surface area contributed by atoms with Crippen molar-refractivity contribution in [1.29, 1.82) is 0 Å². The maximum absolute atomic E-state index is 5.73. The van der Waals surface area contributed by atoms with Crippen molar-refractivity contribution in [1.82, 2.24) is 5.32 Å². The maximum atomic E-state index is 5.73. The molecule has 2 N–H and O–H groups in total. The van der Waals surface area contributed by atoms with Gasteiger partial charge < -0.3 is 24.8 Å². The Morgan fingerprint density at radius 3 is 2.62 bits per heavy atom. The highest BCUT2D eigenvalue weighted by Crippen LogP contribution is 2.32. The lowest BCUT2D eigenvalue weighted by atomic mass is 10.2. The number of hydrogen-bond donors (Lipinski definition) is 2. The Labute approximate surface area is 190 Å². The molecule has 0 saturated carbocycles. The highest BCUT2D eigenvalue weighted by Gasteiger charge is 2.11. The molecule has 6 nitrogen and oxygen atoms in total. The molecule has 0 aromatic heterocycles. The summed E-state index contributed by atoms with van der Waals surface area (Å²) in [4.78, 5) is 4.27. The van der Waals surface area contributed by atoms with Crippen LogP contribution in [-0.4, -0.2) is 46.0 Å². The third-order valence-electron chi connectivity index (χ3n) is 4.37. The summed E-state index contributed by atoms with van der Waals surface area (Å²) in [6.45, 7) is 3.62. The summed E-state index contributed by atoms with van der Waals surface area (Å²) in [5, 5.41) is 6.59. The van der Waals surface area contributed by atoms with Crippen LogP contribution in [0, 0.1) is 0 Å². The minimum atomic E-state index is 0. The standard InChI is InChI=1S/C22H29N3O3.HI/c1-23-22(24-12-5-13-26-16-11-18-7-3-2-4-8-18)25-19-9-10-20-21(17-19)28-15-6-14-27-20;/h2-4,7-10,17H,5-6,11-16H2,1H3,(H2,23,24,25);1H. The van der Waals surface area contributed by atoms with Gasteiger partial charge in [0.25, 0.3) is 0 Å². The van der Waals surface area contributed by atoms with Crippen molar-refractivity contribution in [3.63, 3.8) is 0 Å². The van der Waals surface area contributed by atoms with Gasteiger partial charge in [0.05, 0.1) is 19.8 Å². The largest absolute Gasteiger partial charge is 0.490 e. The van der Waals surface area contributed by atoms with Crippen LogP contribution in [0.4, 0.5) is 5.69 Å². The Balaban J connectivity index is 0.00000300. The van der Waals surface area contributed by atoms with E-state index in [2.05, 4.69) is 39.9 Å². The molecule has 3 rings (SSSR count). The van der Waals surface area contributed by atoms with Gasteiger partial charge in [0.2, 0.25) is 0 Å². The molecule has 1 aliphatic rings. The van der Waals surface area contributed by atoms with E-state index >= 15 is 0 Å². The first-order chi connectivity index (χ1) is 13.8. The molecule has 1 heterocycles. The van der Waals surface area contributed by atoms with Gasteiger partial charge in [-0.05, 0) is 30.5 Å². The van der Waals surface area contributed by atoms with Crippen LogP contribution < -0.4 is 20.1 Å². The van der Waals surface area contributed by atoms with Crippen LogP contribution in [0.25, 0.3) is 0 Å². The molecule has 158 valence electrons. The van der Waals surface area contributed by atoms with Gasteiger partial charge >= 0.3 is 0 Å². The van der Waals surface area contributed by atoms with Crippen LogP contribution in [0.5, 0.6) is 11.5 Å². The lowest BCUT2D eigenvalue weighted by molar-refractivity contribution is 0.135. The number of halogens is 1. The number of fused-ring (bicyclic) bond motifs is 1. The van der Waals surface area contributed by atoms with Gasteiger partial charge in [-0.2, -0.15) is 0 Å². The molecule has 29 heavy (non-hydrogen) atoms. The third-order valence-corrected chi connectivity index (χ3v) is 4.37. The molecule has 0 fully saturated rings. The molecule has 2 aromatic carbocycles. The molecule has 7 heteroatoms. The molecule has 0 atom stereocenters. The monoisotopic (exact) mass is 511 g/mol. The number of guanidine groups is 1. The van der Waals surface area contributed by atoms with Crippen molar-refractivity contribution in [2.45, 2.75) is 19.3 Å². The summed E-state index contributed by atoms with van der Waals surface area (Å²) in [5.41, 5.74) is 2.22. The number of anilines is 1. The number of rotatable bonds is 8. The van der Waals surface area contributed by atoms with Crippen molar-refractivity contribution in [2.75, 3.05) is 45.3 Å². The Morgan fingerprint density at radius 2 is 1.83 bits per heavy atom. The fourth-order valence-corrected chi connectivity index (χ4v) is 2.87. The number of ether oxygens (including phenoxy) is 3. The zero-order valence-corrected chi connectivity index (χ0v) is 19.2. The van der Waals surface area contributed by atoms with E-state index in [9.17, 15) is 0 Å². The molecular formula is C22H30IN3O3. The van der Waals surface area contributed by atoms with Crippen molar-refractivity contribution >= 4 is 35.6 Å². The van der Waals surface area contributed by atoms with E-state index in [4.69, 9.17) is 14.2 Å². The number of aliphatic imine (C=N–C) groups is 1. The van der Waals surface area contributed by atoms with E-state index in [0.29, 0.717) is 13.2 Å². The van der Waals surface area contributed by atoms with Crippen molar-refractivity contribution in [2.24, 2.45) is 4.99 Å². The molecular weight excluding hydrogens is 481 g/mol. The lowest BCUT2D eigenvalue weighted by Gasteiger charge is -2.14. The normalized spacial score (nSPS) is 13.2. The summed E-state index contributed by atoms with van der Waals surface area (Å²) < 4.78 is 17.1. The number of nitrogens with zero attached hydrogens (tertiary/aromatic N) is 1. The quantitative estimate of drug-likeness (QED) is 0.242. The smallest absolute Gasteiger partial charge is 0.195 e. The van der Waals surface area contributed by atoms with Gasteiger partial charge in [-0.3, -0.25) is 4.99 Å². The van der Waals surface area contributed by atoms with Crippen LogP contribution >= 0.6 is 24.0 Å². The Kier molecular flexibility index (Phi) is 10.6. The predicted octanol–water partition coefficient (Wildman–Crippen LogP) is 4.10. The van der Waals surface area contributed by atoms with E-state index in [1.165, 1.54) is 5.56 Å². The zero-order valence-electron chi connectivity index (χ0n) is 16.9. The van der Waals surface area contributed by atoms with E-state index in [0.717, 1.165) is 62.2 Å². The summed E-state index contributed by atoms with van der Waals surface area (Å²) in [7, 11) is 1.76. The summed E-state index contributed by atoms with van der Waals surface area (Å²) in [5.74, 6) is 2.28. The average Bonchev–Trinajstić information content (AvgIpc) is 2.98. The van der Waals surface area contributed by atoms with Gasteiger partial charge in [0, 0.05) is 38.4 Å². The molecule has 0 bridgehead atoms. The minimum Gasteiger partial charge on any atom is -0.490 e. The van der Waals surface area contributed by atoms with Gasteiger partial charge in [-0.25, -0.2) is 0 Å². The first kappa shape index (κ1) is 23.3.